The predicted octanol–water partition coefficient (Wildman–Crippen LogP) is 5.31. The molecule has 0 saturated carbocycles. The molecule has 2 aromatic heterocycles. The van der Waals surface area contributed by atoms with Gasteiger partial charge in [0.2, 0.25) is 5.95 Å². The monoisotopic (exact) mass is 583 g/mol. The Morgan fingerprint density at radius 3 is 2.68 bits per heavy atom. The second-order valence-corrected chi connectivity index (χ2v) is 11.4. The zero-order valence-electron chi connectivity index (χ0n) is 22.2. The van der Waals surface area contributed by atoms with Gasteiger partial charge in [-0.3, -0.25) is 0 Å². The largest absolute Gasteiger partial charge is 0.489 e. The van der Waals surface area contributed by atoms with Gasteiger partial charge in [-0.15, -0.1) is 10.2 Å². The number of hydrogen-bond acceptors (Lipinski definition) is 11. The van der Waals surface area contributed by atoms with E-state index in [1.54, 1.807) is 4.68 Å². The van der Waals surface area contributed by atoms with Crippen molar-refractivity contribution in [1.82, 2.24) is 30.4 Å². The summed E-state index contributed by atoms with van der Waals surface area (Å²) in [6, 6.07) is 25.0. The fraction of sp³-hybridized carbons (Fsp3) is 0.172. The lowest BCUT2D eigenvalue weighted by Crippen LogP contribution is -2.31. The van der Waals surface area contributed by atoms with Gasteiger partial charge in [-0.05, 0) is 46.2 Å². The van der Waals surface area contributed by atoms with E-state index < -0.39 is 12.0 Å². The Morgan fingerprint density at radius 1 is 1.02 bits per heavy atom. The van der Waals surface area contributed by atoms with Crippen molar-refractivity contribution in [3.63, 3.8) is 0 Å². The predicted molar refractivity (Wildman–Crippen MR) is 157 cm³/mol. The average Bonchev–Trinajstić information content (AvgIpc) is 3.69. The number of carbonyl (C=O) groups is 1. The summed E-state index contributed by atoms with van der Waals surface area (Å²) in [5, 5.41) is 24.9. The van der Waals surface area contributed by atoms with Crippen LogP contribution in [-0.2, 0) is 16.1 Å². The average molecular weight is 584 g/mol. The van der Waals surface area contributed by atoms with Crippen LogP contribution < -0.4 is 10.1 Å². The highest BCUT2D eigenvalue weighted by Gasteiger charge is 2.36. The van der Waals surface area contributed by atoms with Gasteiger partial charge in [0.05, 0.1) is 12.7 Å². The molecule has 6 rings (SSSR count). The number of esters is 1. The van der Waals surface area contributed by atoms with Gasteiger partial charge in [0.15, 0.2) is 4.34 Å². The number of methoxy groups -OCH3 is 1. The third-order valence-corrected chi connectivity index (χ3v) is 8.73. The van der Waals surface area contributed by atoms with Crippen LogP contribution in [0.4, 0.5) is 5.95 Å². The van der Waals surface area contributed by atoms with E-state index in [1.165, 1.54) is 30.2 Å². The van der Waals surface area contributed by atoms with Gasteiger partial charge in [-0.25, -0.2) is 4.79 Å². The second kappa shape index (κ2) is 11.9. The minimum Gasteiger partial charge on any atom is -0.489 e. The Balaban J connectivity index is 1.30. The number of fused-ring (bicyclic) bond motifs is 1. The number of ether oxygens (including phenoxy) is 2. The molecule has 1 atom stereocenters. The molecule has 0 spiro atoms. The number of aromatic nitrogens is 6. The van der Waals surface area contributed by atoms with Crippen LogP contribution in [0.25, 0.3) is 10.6 Å². The fourth-order valence-corrected chi connectivity index (χ4v) is 6.34. The minimum atomic E-state index is -0.624. The first kappa shape index (κ1) is 26.7. The third-order valence-electron chi connectivity index (χ3n) is 6.60. The van der Waals surface area contributed by atoms with Crippen molar-refractivity contribution in [2.45, 2.75) is 23.9 Å². The third kappa shape index (κ3) is 5.70. The van der Waals surface area contributed by atoms with E-state index in [2.05, 4.69) is 44.0 Å². The summed E-state index contributed by atoms with van der Waals surface area (Å²) in [4.78, 5) is 13.3. The van der Waals surface area contributed by atoms with Gasteiger partial charge in [0, 0.05) is 17.0 Å². The number of tetrazole rings is 1. The van der Waals surface area contributed by atoms with Crippen molar-refractivity contribution < 1.29 is 14.3 Å². The Kier molecular flexibility index (Phi) is 7.74. The summed E-state index contributed by atoms with van der Waals surface area (Å²) >= 11 is 2.97. The van der Waals surface area contributed by atoms with Crippen molar-refractivity contribution in [1.29, 1.82) is 0 Å². The van der Waals surface area contributed by atoms with Gasteiger partial charge >= 0.3 is 5.97 Å². The van der Waals surface area contributed by atoms with E-state index in [1.807, 2.05) is 72.8 Å². The van der Waals surface area contributed by atoms with E-state index in [0.29, 0.717) is 35.3 Å². The fourth-order valence-electron chi connectivity index (χ4n) is 4.51. The van der Waals surface area contributed by atoms with Crippen LogP contribution >= 0.6 is 23.1 Å². The first-order chi connectivity index (χ1) is 20.1. The number of benzene rings is 3. The second-order valence-electron chi connectivity index (χ2n) is 9.17. The van der Waals surface area contributed by atoms with Gasteiger partial charge in [0.25, 0.3) is 0 Å². The van der Waals surface area contributed by atoms with E-state index >= 15 is 0 Å². The molecule has 10 nitrogen and oxygen atoms in total. The van der Waals surface area contributed by atoms with E-state index in [-0.39, 0.29) is 0 Å². The maximum atomic E-state index is 13.3. The van der Waals surface area contributed by atoms with Gasteiger partial charge < -0.3 is 14.8 Å². The Hall–Kier alpha value is -4.55. The highest BCUT2D eigenvalue weighted by atomic mass is 32.2. The number of hydrogen-bond donors (Lipinski definition) is 1. The lowest BCUT2D eigenvalue weighted by atomic mass is 9.95. The maximum Gasteiger partial charge on any atom is 0.338 e. The lowest BCUT2D eigenvalue weighted by Gasteiger charge is -2.28. The Bertz CT molecular complexity index is 1720. The number of nitrogens with zero attached hydrogens (tertiary/aromatic N) is 6. The molecule has 0 saturated heterocycles. The molecule has 1 aliphatic heterocycles. The van der Waals surface area contributed by atoms with Crippen LogP contribution in [0, 0.1) is 6.92 Å². The maximum absolute atomic E-state index is 13.3. The standard InChI is InChI=1S/C29H25N7O3S2/c1-18-9-6-7-12-21(18)16-39-22-14-8-13-20(15-22)25-24(27(37)38-2)23(30-28-32-34-35-36(25)28)17-40-29-33-31-26(41-29)19-10-4-3-5-11-19/h3-15,25H,16-17H2,1-2H3,(H,30,32,35). The molecule has 12 heteroatoms. The van der Waals surface area contributed by atoms with Crippen LogP contribution in [0.2, 0.25) is 0 Å². The van der Waals surface area contributed by atoms with E-state index in [4.69, 9.17) is 9.47 Å². The number of carbonyl (C=O) groups excluding carboxylic acids is 1. The van der Waals surface area contributed by atoms with Crippen LogP contribution in [0.15, 0.2) is 94.5 Å². The zero-order chi connectivity index (χ0) is 28.2. The number of rotatable bonds is 9. The molecule has 1 unspecified atom stereocenters. The quantitative estimate of drug-likeness (QED) is 0.181. The van der Waals surface area contributed by atoms with Crippen LogP contribution in [-0.4, -0.2) is 49.2 Å². The highest BCUT2D eigenvalue weighted by molar-refractivity contribution is 8.01. The first-order valence-corrected chi connectivity index (χ1v) is 14.6. The SMILES string of the molecule is COC(=O)C1=C(CSc2nnc(-c3ccccc3)s2)Nc2nnnn2C1c1cccc(OCc2ccccc2C)c1. The van der Waals surface area contributed by atoms with Gasteiger partial charge in [0.1, 0.15) is 23.4 Å². The molecule has 0 aliphatic carbocycles. The van der Waals surface area contributed by atoms with Crippen LogP contribution in [0.5, 0.6) is 5.75 Å². The molecule has 1 N–H and O–H groups in total. The first-order valence-electron chi connectivity index (χ1n) is 12.8. The zero-order valence-corrected chi connectivity index (χ0v) is 23.9. The Morgan fingerprint density at radius 2 is 1.85 bits per heavy atom. The Labute approximate surface area is 244 Å². The molecule has 0 radical (unpaired) electrons. The molecule has 0 amide bonds. The molecule has 0 bridgehead atoms. The van der Waals surface area contributed by atoms with Crippen molar-refractivity contribution in [2.75, 3.05) is 18.2 Å². The topological polar surface area (TPSA) is 117 Å². The number of nitrogens with one attached hydrogen (secondary N) is 1. The van der Waals surface area contributed by atoms with Crippen molar-refractivity contribution in [3.05, 3.63) is 107 Å². The highest BCUT2D eigenvalue weighted by Crippen LogP contribution is 2.38. The summed E-state index contributed by atoms with van der Waals surface area (Å²) in [5.74, 6) is 1.02. The summed E-state index contributed by atoms with van der Waals surface area (Å²) in [7, 11) is 1.37. The van der Waals surface area contributed by atoms with Crippen molar-refractivity contribution in [3.8, 4) is 16.3 Å². The van der Waals surface area contributed by atoms with Crippen LogP contribution in [0.3, 0.4) is 0 Å². The summed E-state index contributed by atoms with van der Waals surface area (Å²) in [6.45, 7) is 2.48. The normalized spacial score (nSPS) is 14.3. The molecule has 41 heavy (non-hydrogen) atoms. The van der Waals surface area contributed by atoms with Crippen molar-refractivity contribution in [2.24, 2.45) is 0 Å². The molecule has 1 aliphatic rings. The number of thioether (sulfide) groups is 1. The number of anilines is 1. The van der Waals surface area contributed by atoms with Crippen molar-refractivity contribution >= 4 is 35.0 Å². The molecule has 5 aromatic rings. The molecule has 206 valence electrons. The lowest BCUT2D eigenvalue weighted by molar-refractivity contribution is -0.136. The van der Waals surface area contributed by atoms with Gasteiger partial charge in [-0.1, -0.05) is 94.9 Å². The summed E-state index contributed by atoms with van der Waals surface area (Å²) in [5.41, 5.74) is 5.09. The molecule has 3 aromatic carbocycles. The summed E-state index contributed by atoms with van der Waals surface area (Å²) < 4.78 is 13.7. The van der Waals surface area contributed by atoms with E-state index in [9.17, 15) is 4.79 Å². The molecule has 3 heterocycles. The minimum absolute atomic E-state index is 0.403. The van der Waals surface area contributed by atoms with Crippen LogP contribution in [0.1, 0.15) is 22.7 Å². The van der Waals surface area contributed by atoms with E-state index in [0.717, 1.165) is 31.6 Å². The van der Waals surface area contributed by atoms with Gasteiger partial charge in [-0.2, -0.15) is 4.68 Å². The summed E-state index contributed by atoms with van der Waals surface area (Å²) in [6.07, 6.45) is 0. The number of aryl methyl sites for hydroxylation is 1. The molecule has 0 fully saturated rings. The molecular formula is C29H25N7O3S2. The molecular weight excluding hydrogens is 558 g/mol. The smallest absolute Gasteiger partial charge is 0.338 e.